The van der Waals surface area contributed by atoms with Gasteiger partial charge in [0.25, 0.3) is 0 Å². The molecule has 2 rings (SSSR count). The van der Waals surface area contributed by atoms with Crippen LogP contribution in [0, 0.1) is 5.82 Å². The van der Waals surface area contributed by atoms with Crippen LogP contribution < -0.4 is 16.0 Å². The maximum atomic E-state index is 14.1. The fraction of sp³-hybridized carbons (Fsp3) is 0.500. The highest BCUT2D eigenvalue weighted by molar-refractivity contribution is 5.84. The largest absolute Gasteiger partial charge is 0.368 e. The average molecular weight is 265 g/mol. The molecule has 0 radical (unpaired) electrons. The third-order valence-electron chi connectivity index (χ3n) is 3.50. The molecule has 0 saturated carbocycles. The van der Waals surface area contributed by atoms with Crippen LogP contribution in [0.3, 0.4) is 0 Å². The molecule has 1 saturated heterocycles. The summed E-state index contributed by atoms with van der Waals surface area (Å²) in [4.78, 5) is 13.3. The number of rotatable bonds is 5. The summed E-state index contributed by atoms with van der Waals surface area (Å²) in [5.41, 5.74) is 6.80. The van der Waals surface area contributed by atoms with Gasteiger partial charge in [0.2, 0.25) is 5.91 Å². The summed E-state index contributed by atoms with van der Waals surface area (Å²) in [6.07, 6.45) is 1.56. The number of para-hydroxylation sites is 1. The number of carbonyl (C=O) groups is 1. The zero-order valence-electron chi connectivity index (χ0n) is 11.2. The molecule has 19 heavy (non-hydrogen) atoms. The molecule has 1 aliphatic heterocycles. The van der Waals surface area contributed by atoms with E-state index in [9.17, 15) is 9.18 Å². The van der Waals surface area contributed by atoms with Gasteiger partial charge in [0.05, 0.1) is 5.69 Å². The molecule has 1 heterocycles. The Bertz CT molecular complexity index is 464. The van der Waals surface area contributed by atoms with Crippen molar-refractivity contribution in [3.8, 4) is 0 Å². The first kappa shape index (κ1) is 13.8. The standard InChI is InChI=1S/C14H20FN3O/c1-2-17-9-10-5-3-6-11(15)13(10)18-8-4-7-12(18)14(16)19/h3,5-6,12,17H,2,4,7-9H2,1H3,(H2,16,19). The zero-order valence-corrected chi connectivity index (χ0v) is 11.2. The second-order valence-electron chi connectivity index (χ2n) is 4.78. The predicted molar refractivity (Wildman–Crippen MR) is 73.3 cm³/mol. The van der Waals surface area contributed by atoms with E-state index < -0.39 is 6.04 Å². The van der Waals surface area contributed by atoms with Crippen LogP contribution in [0.15, 0.2) is 18.2 Å². The number of hydrogen-bond acceptors (Lipinski definition) is 3. The van der Waals surface area contributed by atoms with Crippen LogP contribution in [-0.4, -0.2) is 25.0 Å². The number of benzene rings is 1. The predicted octanol–water partition coefficient (Wildman–Crippen LogP) is 1.39. The highest BCUT2D eigenvalue weighted by Gasteiger charge is 2.31. The Morgan fingerprint density at radius 3 is 3.05 bits per heavy atom. The Morgan fingerprint density at radius 2 is 2.37 bits per heavy atom. The minimum Gasteiger partial charge on any atom is -0.368 e. The summed E-state index contributed by atoms with van der Waals surface area (Å²) in [6, 6.07) is 4.62. The molecule has 1 unspecified atom stereocenters. The Labute approximate surface area is 112 Å². The van der Waals surface area contributed by atoms with Crippen molar-refractivity contribution in [3.63, 3.8) is 0 Å². The molecule has 104 valence electrons. The van der Waals surface area contributed by atoms with E-state index in [2.05, 4.69) is 5.32 Å². The van der Waals surface area contributed by atoms with E-state index in [-0.39, 0.29) is 11.7 Å². The maximum Gasteiger partial charge on any atom is 0.240 e. The van der Waals surface area contributed by atoms with E-state index in [0.29, 0.717) is 25.2 Å². The molecular weight excluding hydrogens is 245 g/mol. The summed E-state index contributed by atoms with van der Waals surface area (Å²) < 4.78 is 14.1. The van der Waals surface area contributed by atoms with E-state index in [1.807, 2.05) is 17.9 Å². The normalized spacial score (nSPS) is 18.8. The van der Waals surface area contributed by atoms with Gasteiger partial charge in [-0.2, -0.15) is 0 Å². The first-order valence-corrected chi connectivity index (χ1v) is 6.69. The third-order valence-corrected chi connectivity index (χ3v) is 3.50. The highest BCUT2D eigenvalue weighted by Crippen LogP contribution is 2.31. The molecule has 0 spiro atoms. The third kappa shape index (κ3) is 2.87. The van der Waals surface area contributed by atoms with E-state index in [1.165, 1.54) is 6.07 Å². The number of nitrogens with two attached hydrogens (primary N) is 1. The molecule has 1 aromatic carbocycles. The molecule has 1 aliphatic rings. The van der Waals surface area contributed by atoms with E-state index in [1.54, 1.807) is 6.07 Å². The molecule has 3 N–H and O–H groups in total. The van der Waals surface area contributed by atoms with Crippen LogP contribution in [0.2, 0.25) is 0 Å². The maximum absolute atomic E-state index is 14.1. The Balaban J connectivity index is 2.34. The van der Waals surface area contributed by atoms with Crippen LogP contribution in [0.1, 0.15) is 25.3 Å². The second kappa shape index (κ2) is 6.02. The molecular formula is C14H20FN3O. The Morgan fingerprint density at radius 1 is 1.58 bits per heavy atom. The van der Waals surface area contributed by atoms with Gasteiger partial charge in [-0.1, -0.05) is 19.1 Å². The number of hydrogen-bond donors (Lipinski definition) is 2. The summed E-state index contributed by atoms with van der Waals surface area (Å²) in [5.74, 6) is -0.668. The Hall–Kier alpha value is -1.62. The van der Waals surface area contributed by atoms with Gasteiger partial charge in [-0.3, -0.25) is 4.79 Å². The SMILES string of the molecule is CCNCc1cccc(F)c1N1CCCC1C(N)=O. The zero-order chi connectivity index (χ0) is 13.8. The first-order valence-electron chi connectivity index (χ1n) is 6.69. The van der Waals surface area contributed by atoms with Crippen LogP contribution in [0.4, 0.5) is 10.1 Å². The van der Waals surface area contributed by atoms with Crippen molar-refractivity contribution in [3.05, 3.63) is 29.6 Å². The summed E-state index contributed by atoms with van der Waals surface area (Å²) in [7, 11) is 0. The van der Waals surface area contributed by atoms with Crippen LogP contribution in [-0.2, 0) is 11.3 Å². The minimum absolute atomic E-state index is 0.288. The number of halogens is 1. The monoisotopic (exact) mass is 265 g/mol. The van der Waals surface area contributed by atoms with Crippen LogP contribution in [0.5, 0.6) is 0 Å². The van der Waals surface area contributed by atoms with Crippen LogP contribution in [0.25, 0.3) is 0 Å². The number of carbonyl (C=O) groups excluding carboxylic acids is 1. The number of amides is 1. The lowest BCUT2D eigenvalue weighted by atomic mass is 10.1. The van der Waals surface area contributed by atoms with Crippen molar-refractivity contribution >= 4 is 11.6 Å². The smallest absolute Gasteiger partial charge is 0.240 e. The molecule has 1 aromatic rings. The molecule has 0 aromatic heterocycles. The van der Waals surface area contributed by atoms with E-state index >= 15 is 0 Å². The second-order valence-corrected chi connectivity index (χ2v) is 4.78. The lowest BCUT2D eigenvalue weighted by Crippen LogP contribution is -2.41. The summed E-state index contributed by atoms with van der Waals surface area (Å²) in [5, 5.41) is 3.19. The lowest BCUT2D eigenvalue weighted by Gasteiger charge is -2.27. The van der Waals surface area contributed by atoms with Crippen molar-refractivity contribution in [2.24, 2.45) is 5.73 Å². The van der Waals surface area contributed by atoms with Gasteiger partial charge in [0.15, 0.2) is 0 Å². The van der Waals surface area contributed by atoms with E-state index in [4.69, 9.17) is 5.73 Å². The fourth-order valence-electron chi connectivity index (χ4n) is 2.61. The lowest BCUT2D eigenvalue weighted by molar-refractivity contribution is -0.119. The molecule has 1 amide bonds. The highest BCUT2D eigenvalue weighted by atomic mass is 19.1. The van der Waals surface area contributed by atoms with Crippen LogP contribution >= 0.6 is 0 Å². The van der Waals surface area contributed by atoms with Crippen molar-refractivity contribution < 1.29 is 9.18 Å². The van der Waals surface area contributed by atoms with Crippen molar-refractivity contribution in [1.82, 2.24) is 5.32 Å². The number of primary amides is 1. The summed E-state index contributed by atoms with van der Waals surface area (Å²) in [6.45, 7) is 4.08. The van der Waals surface area contributed by atoms with Gasteiger partial charge in [0, 0.05) is 13.1 Å². The van der Waals surface area contributed by atoms with Crippen molar-refractivity contribution in [1.29, 1.82) is 0 Å². The molecule has 5 heteroatoms. The van der Waals surface area contributed by atoms with Gasteiger partial charge < -0.3 is 16.0 Å². The van der Waals surface area contributed by atoms with E-state index in [0.717, 1.165) is 18.5 Å². The topological polar surface area (TPSA) is 58.4 Å². The quantitative estimate of drug-likeness (QED) is 0.846. The number of anilines is 1. The fourth-order valence-corrected chi connectivity index (χ4v) is 2.61. The van der Waals surface area contributed by atoms with Gasteiger partial charge in [-0.25, -0.2) is 4.39 Å². The molecule has 0 aliphatic carbocycles. The summed E-state index contributed by atoms with van der Waals surface area (Å²) >= 11 is 0. The average Bonchev–Trinajstić information content (AvgIpc) is 2.85. The Kier molecular flexibility index (Phi) is 4.37. The van der Waals surface area contributed by atoms with Crippen molar-refractivity contribution in [2.75, 3.05) is 18.0 Å². The van der Waals surface area contributed by atoms with Gasteiger partial charge >= 0.3 is 0 Å². The molecule has 0 bridgehead atoms. The number of nitrogens with one attached hydrogen (secondary N) is 1. The van der Waals surface area contributed by atoms with Gasteiger partial charge in [-0.15, -0.1) is 0 Å². The molecule has 4 nitrogen and oxygen atoms in total. The molecule has 1 fully saturated rings. The van der Waals surface area contributed by atoms with Crippen molar-refractivity contribution in [2.45, 2.75) is 32.4 Å². The van der Waals surface area contributed by atoms with Gasteiger partial charge in [0.1, 0.15) is 11.9 Å². The minimum atomic E-state index is -0.391. The van der Waals surface area contributed by atoms with Gasteiger partial charge in [-0.05, 0) is 31.0 Å². The first-order chi connectivity index (χ1) is 9.15. The number of nitrogens with zero attached hydrogens (tertiary/aromatic N) is 1. The molecule has 1 atom stereocenters.